The van der Waals surface area contributed by atoms with Crippen LogP contribution in [0.2, 0.25) is 0 Å². The lowest BCUT2D eigenvalue weighted by Crippen LogP contribution is -2.54. The molecule has 7 heteroatoms. The molecule has 0 aromatic carbocycles. The van der Waals surface area contributed by atoms with Crippen molar-refractivity contribution in [3.63, 3.8) is 0 Å². The molecule has 1 aliphatic heterocycles. The average Bonchev–Trinajstić information content (AvgIpc) is 3.19. The monoisotopic (exact) mass is 322 g/mol. The molecule has 0 saturated carbocycles. The fourth-order valence-corrected chi connectivity index (χ4v) is 4.15. The molecule has 0 radical (unpaired) electrons. The number of ketones is 1. The lowest BCUT2D eigenvalue weighted by atomic mass is 10.1. The second-order valence-corrected chi connectivity index (χ2v) is 6.90. The summed E-state index contributed by atoms with van der Waals surface area (Å²) >= 11 is 2.68. The van der Waals surface area contributed by atoms with Crippen molar-refractivity contribution in [1.29, 1.82) is 0 Å². The highest BCUT2D eigenvalue weighted by atomic mass is 32.1. The lowest BCUT2D eigenvalue weighted by molar-refractivity contribution is -0.561. The van der Waals surface area contributed by atoms with E-state index in [-0.39, 0.29) is 0 Å². The topological polar surface area (TPSA) is 66.6 Å². The van der Waals surface area contributed by atoms with Crippen LogP contribution in [0.15, 0.2) is 35.0 Å². The Morgan fingerprint density at radius 3 is 2.62 bits per heavy atom. The average molecular weight is 322 g/mol. The largest absolute Gasteiger partial charge is 0.622 e. The molecule has 1 N–H and O–H groups in total. The second kappa shape index (κ2) is 5.03. The number of hydrogen-bond donors (Lipinski definition) is 1. The first-order chi connectivity index (χ1) is 9.98. The van der Waals surface area contributed by atoms with Crippen molar-refractivity contribution in [2.24, 2.45) is 0 Å². The molecular formula is C14H14N2O3S2. The molecule has 0 spiro atoms. The number of hydroxylamine groups is 3. The summed E-state index contributed by atoms with van der Waals surface area (Å²) in [6.07, 6.45) is 0. The van der Waals surface area contributed by atoms with Crippen LogP contribution < -0.4 is 0 Å². The van der Waals surface area contributed by atoms with E-state index in [0.29, 0.717) is 15.3 Å². The quantitative estimate of drug-likeness (QED) is 0.536. The van der Waals surface area contributed by atoms with Crippen LogP contribution in [-0.2, 0) is 0 Å². The van der Waals surface area contributed by atoms with Gasteiger partial charge in [-0.15, -0.1) is 27.7 Å². The van der Waals surface area contributed by atoms with Crippen molar-refractivity contribution >= 4 is 34.2 Å². The van der Waals surface area contributed by atoms with Crippen LogP contribution >= 0.6 is 22.7 Å². The summed E-state index contributed by atoms with van der Waals surface area (Å²) in [7, 11) is 0. The minimum absolute atomic E-state index is 0.395. The molecule has 2 atom stereocenters. The predicted molar refractivity (Wildman–Crippen MR) is 82.2 cm³/mol. The van der Waals surface area contributed by atoms with Gasteiger partial charge in [-0.05, 0) is 29.8 Å². The third-order valence-electron chi connectivity index (χ3n) is 3.77. The molecular weight excluding hydrogens is 308 g/mol. The van der Waals surface area contributed by atoms with Gasteiger partial charge in [0.05, 0.1) is 9.75 Å². The van der Waals surface area contributed by atoms with Crippen LogP contribution in [0.4, 0.5) is 0 Å². The van der Waals surface area contributed by atoms with Crippen molar-refractivity contribution < 1.29 is 14.7 Å². The Balaban J connectivity index is 2.12. The van der Waals surface area contributed by atoms with E-state index in [1.54, 1.807) is 24.4 Å². The molecule has 110 valence electrons. The molecule has 0 bridgehead atoms. The summed E-state index contributed by atoms with van der Waals surface area (Å²) in [5.41, 5.74) is -1.22. The van der Waals surface area contributed by atoms with Crippen LogP contribution in [0.25, 0.3) is 0 Å². The van der Waals surface area contributed by atoms with E-state index in [2.05, 4.69) is 0 Å². The van der Waals surface area contributed by atoms with Crippen LogP contribution in [0.3, 0.4) is 0 Å². The zero-order chi connectivity index (χ0) is 15.2. The standard InChI is InChI=1S/C14H14N2O3S2/c1-9-12(10-5-3-7-20-10)16(19)14(2,15(9)18)13(17)11-6-4-8-21-11/h3-9,18H,1-2H3/t9-,14-/m1/s1. The van der Waals surface area contributed by atoms with Crippen LogP contribution in [0.5, 0.6) is 0 Å². The molecule has 3 heterocycles. The van der Waals surface area contributed by atoms with Gasteiger partial charge in [0, 0.05) is 6.92 Å². The Bertz CT molecular complexity index is 694. The van der Waals surface area contributed by atoms with Crippen molar-refractivity contribution in [3.05, 3.63) is 50.0 Å². The maximum absolute atomic E-state index is 12.8. The van der Waals surface area contributed by atoms with Gasteiger partial charge in [-0.3, -0.25) is 4.79 Å². The minimum atomic E-state index is -1.64. The molecule has 2 aromatic heterocycles. The first-order valence-electron chi connectivity index (χ1n) is 6.42. The fraction of sp³-hybridized carbons (Fsp3) is 0.286. The fourth-order valence-electron chi connectivity index (χ4n) is 2.56. The molecule has 21 heavy (non-hydrogen) atoms. The van der Waals surface area contributed by atoms with E-state index in [4.69, 9.17) is 0 Å². The van der Waals surface area contributed by atoms with Crippen molar-refractivity contribution in [2.45, 2.75) is 25.6 Å². The number of thiophene rings is 2. The Hall–Kier alpha value is -1.54. The smallest absolute Gasteiger partial charge is 0.313 e. The summed E-state index contributed by atoms with van der Waals surface area (Å²) in [5, 5.41) is 27.6. The zero-order valence-corrected chi connectivity index (χ0v) is 13.1. The Morgan fingerprint density at radius 2 is 2.05 bits per heavy atom. The van der Waals surface area contributed by atoms with E-state index in [0.717, 1.165) is 9.94 Å². The summed E-state index contributed by atoms with van der Waals surface area (Å²) < 4.78 is 0.644. The van der Waals surface area contributed by atoms with Gasteiger partial charge in [-0.25, -0.2) is 0 Å². The number of rotatable bonds is 3. The molecule has 5 nitrogen and oxygen atoms in total. The maximum Gasteiger partial charge on any atom is 0.313 e. The van der Waals surface area contributed by atoms with E-state index in [9.17, 15) is 15.2 Å². The molecule has 1 aliphatic rings. The molecule has 0 amide bonds. The van der Waals surface area contributed by atoms with Gasteiger partial charge in [-0.2, -0.15) is 4.74 Å². The van der Waals surface area contributed by atoms with E-state index in [1.807, 2.05) is 17.5 Å². The SMILES string of the molecule is C[C@@H]1C(c2cccs2)=[N+]([O-])[C@](C)(C(=O)c2cccs2)N1O. The maximum atomic E-state index is 12.8. The van der Waals surface area contributed by atoms with Crippen molar-refractivity contribution in [2.75, 3.05) is 0 Å². The first kappa shape index (κ1) is 14.4. The van der Waals surface area contributed by atoms with Gasteiger partial charge < -0.3 is 10.4 Å². The summed E-state index contributed by atoms with van der Waals surface area (Å²) in [6.45, 7) is 3.17. The van der Waals surface area contributed by atoms with Crippen LogP contribution in [0, 0.1) is 5.21 Å². The number of Topliss-reactive ketones (excluding diaryl/α,β-unsaturated/α-hetero) is 1. The lowest BCUT2D eigenvalue weighted by Gasteiger charge is -2.27. The molecule has 0 unspecified atom stereocenters. The normalized spacial score (nSPS) is 26.5. The van der Waals surface area contributed by atoms with Gasteiger partial charge in [0.2, 0.25) is 5.71 Å². The van der Waals surface area contributed by atoms with E-state index < -0.39 is 17.5 Å². The summed E-state index contributed by atoms with van der Waals surface area (Å²) in [5.74, 6) is -0.395. The number of carbonyl (C=O) groups excluding carboxylic acids is 1. The third kappa shape index (κ3) is 1.96. The van der Waals surface area contributed by atoms with Gasteiger partial charge in [0.1, 0.15) is 6.04 Å². The van der Waals surface area contributed by atoms with Crippen LogP contribution in [-0.4, -0.2) is 38.2 Å². The predicted octanol–water partition coefficient (Wildman–Crippen LogP) is 2.80. The zero-order valence-electron chi connectivity index (χ0n) is 11.5. The summed E-state index contributed by atoms with van der Waals surface area (Å²) in [6, 6.07) is 6.52. The van der Waals surface area contributed by atoms with Gasteiger partial charge in [0.15, 0.2) is 0 Å². The Kier molecular flexibility index (Phi) is 3.45. The molecule has 2 aromatic rings. The third-order valence-corrected chi connectivity index (χ3v) is 5.53. The highest BCUT2D eigenvalue weighted by molar-refractivity contribution is 7.12. The van der Waals surface area contributed by atoms with Crippen molar-refractivity contribution in [1.82, 2.24) is 5.06 Å². The molecule has 0 aliphatic carbocycles. The molecule has 3 rings (SSSR count). The highest BCUT2D eigenvalue weighted by Crippen LogP contribution is 2.32. The summed E-state index contributed by atoms with van der Waals surface area (Å²) in [4.78, 5) is 13.9. The van der Waals surface area contributed by atoms with Crippen molar-refractivity contribution in [3.8, 4) is 0 Å². The highest BCUT2D eigenvalue weighted by Gasteiger charge is 2.58. The van der Waals surface area contributed by atoms with Crippen LogP contribution in [0.1, 0.15) is 28.4 Å². The number of nitrogens with zero attached hydrogens (tertiary/aromatic N) is 2. The van der Waals surface area contributed by atoms with E-state index >= 15 is 0 Å². The van der Waals surface area contributed by atoms with Gasteiger partial charge >= 0.3 is 5.66 Å². The second-order valence-electron chi connectivity index (χ2n) is 5.00. The number of carbonyl (C=O) groups is 1. The molecule has 0 saturated heterocycles. The van der Waals surface area contributed by atoms with E-state index in [1.165, 1.54) is 29.6 Å². The van der Waals surface area contributed by atoms with Gasteiger partial charge in [0.25, 0.3) is 5.78 Å². The number of hydrogen-bond acceptors (Lipinski definition) is 6. The molecule has 0 fully saturated rings. The Labute approximate surface area is 129 Å². The first-order valence-corrected chi connectivity index (χ1v) is 8.18. The van der Waals surface area contributed by atoms with Gasteiger partial charge in [-0.1, -0.05) is 12.1 Å². The Morgan fingerprint density at radius 1 is 1.38 bits per heavy atom. The minimum Gasteiger partial charge on any atom is -0.622 e.